The van der Waals surface area contributed by atoms with Crippen LogP contribution in [0.4, 0.5) is 0 Å². The summed E-state index contributed by atoms with van der Waals surface area (Å²) in [6.07, 6.45) is -1.04. The number of hydrogen-bond donors (Lipinski definition) is 2. The van der Waals surface area contributed by atoms with Gasteiger partial charge in [-0.3, -0.25) is 0 Å². The normalized spacial score (nSPS) is 13.6. The largest absolute Gasteiger partial charge is 1.00 e. The van der Waals surface area contributed by atoms with E-state index in [4.69, 9.17) is 9.47 Å². The van der Waals surface area contributed by atoms with Crippen LogP contribution in [0.2, 0.25) is 0 Å². The SMILES string of the molecule is CN(C)CC(O)COc1ccc(C(C)(C)c2ccc(OCC(O)CN(C)C)cc2)cc1.[Cl-]. The molecule has 0 aromatic heterocycles. The van der Waals surface area contributed by atoms with Crippen molar-refractivity contribution in [3.05, 3.63) is 59.7 Å². The van der Waals surface area contributed by atoms with Crippen LogP contribution in [-0.4, -0.2) is 86.7 Å². The van der Waals surface area contributed by atoms with Crippen molar-refractivity contribution in [2.24, 2.45) is 0 Å². The summed E-state index contributed by atoms with van der Waals surface area (Å²) in [6.45, 7) is 6.04. The van der Waals surface area contributed by atoms with Gasteiger partial charge in [-0.15, -0.1) is 0 Å². The molecule has 0 saturated heterocycles. The lowest BCUT2D eigenvalue weighted by atomic mass is 9.78. The Balaban J connectivity index is 0.00000512. The molecule has 6 nitrogen and oxygen atoms in total. The Bertz CT molecular complexity index is 714. The van der Waals surface area contributed by atoms with E-state index in [1.807, 2.05) is 62.3 Å². The smallest absolute Gasteiger partial charge is 0.119 e. The van der Waals surface area contributed by atoms with Crippen molar-refractivity contribution in [3.8, 4) is 11.5 Å². The molecule has 2 aromatic carbocycles. The van der Waals surface area contributed by atoms with Crippen molar-refractivity contribution in [1.29, 1.82) is 0 Å². The average Bonchev–Trinajstić information content (AvgIpc) is 2.70. The van der Waals surface area contributed by atoms with Gasteiger partial charge in [0.2, 0.25) is 0 Å². The number of nitrogens with zero attached hydrogens (tertiary/aromatic N) is 2. The highest BCUT2D eigenvalue weighted by molar-refractivity contribution is 5.41. The Morgan fingerprint density at radius 2 is 1.00 bits per heavy atom. The van der Waals surface area contributed by atoms with Gasteiger partial charge in [0.15, 0.2) is 0 Å². The molecular formula is C25H38ClN2O4-. The molecule has 2 aromatic rings. The highest BCUT2D eigenvalue weighted by Crippen LogP contribution is 2.33. The third-order valence-corrected chi connectivity index (χ3v) is 5.19. The first-order chi connectivity index (χ1) is 14.6. The Morgan fingerprint density at radius 1 is 0.688 bits per heavy atom. The van der Waals surface area contributed by atoms with E-state index in [-0.39, 0.29) is 31.0 Å². The molecule has 0 spiro atoms. The zero-order valence-corrected chi connectivity index (χ0v) is 20.8. The van der Waals surface area contributed by atoms with E-state index in [2.05, 4.69) is 38.1 Å². The lowest BCUT2D eigenvalue weighted by molar-refractivity contribution is -0.0000116. The third kappa shape index (κ3) is 8.96. The maximum Gasteiger partial charge on any atom is 0.119 e. The number of ether oxygens (including phenoxy) is 2. The molecule has 0 aliphatic rings. The molecule has 32 heavy (non-hydrogen) atoms. The van der Waals surface area contributed by atoms with E-state index < -0.39 is 12.2 Å². The zero-order valence-electron chi connectivity index (χ0n) is 20.1. The van der Waals surface area contributed by atoms with E-state index in [9.17, 15) is 10.2 Å². The first-order valence-corrected chi connectivity index (χ1v) is 10.7. The van der Waals surface area contributed by atoms with Gasteiger partial charge in [0.25, 0.3) is 0 Å². The summed E-state index contributed by atoms with van der Waals surface area (Å²) < 4.78 is 11.4. The lowest BCUT2D eigenvalue weighted by Crippen LogP contribution is -3.00. The summed E-state index contributed by atoms with van der Waals surface area (Å²) in [4.78, 5) is 3.86. The molecule has 2 atom stereocenters. The van der Waals surface area contributed by atoms with Gasteiger partial charge >= 0.3 is 0 Å². The predicted octanol–water partition coefficient (Wildman–Crippen LogP) is -0.381. The molecule has 0 amide bonds. The molecular weight excluding hydrogens is 428 g/mol. The number of aliphatic hydroxyl groups is 2. The third-order valence-electron chi connectivity index (χ3n) is 5.19. The summed E-state index contributed by atoms with van der Waals surface area (Å²) in [6, 6.07) is 16.1. The summed E-state index contributed by atoms with van der Waals surface area (Å²) in [5, 5.41) is 19.9. The van der Waals surface area contributed by atoms with Gasteiger partial charge in [-0.1, -0.05) is 38.1 Å². The van der Waals surface area contributed by atoms with E-state index in [0.717, 1.165) is 11.5 Å². The quantitative estimate of drug-likeness (QED) is 0.445. The van der Waals surface area contributed by atoms with Crippen LogP contribution < -0.4 is 21.9 Å². The second-order valence-electron chi connectivity index (χ2n) is 9.13. The Morgan fingerprint density at radius 3 is 1.28 bits per heavy atom. The highest BCUT2D eigenvalue weighted by Gasteiger charge is 2.23. The van der Waals surface area contributed by atoms with Crippen LogP contribution in [0.1, 0.15) is 25.0 Å². The standard InChI is InChI=1S/C25H38N2O4.ClH/c1-25(2,19-7-11-23(12-8-19)30-17-21(28)15-26(3)4)20-9-13-24(14-10-20)31-18-22(29)16-27(5)6;/h7-14,21-22,28-29H,15-18H2,1-6H3;1H/p-1. The molecule has 0 aliphatic heterocycles. The molecule has 0 bridgehead atoms. The van der Waals surface area contributed by atoms with Gasteiger partial charge < -0.3 is 41.9 Å². The zero-order chi connectivity index (χ0) is 23.0. The van der Waals surface area contributed by atoms with Gasteiger partial charge in [-0.2, -0.15) is 0 Å². The molecule has 0 heterocycles. The van der Waals surface area contributed by atoms with Crippen molar-refractivity contribution >= 4 is 0 Å². The number of hydrogen-bond acceptors (Lipinski definition) is 6. The van der Waals surface area contributed by atoms with Crippen molar-refractivity contribution in [3.63, 3.8) is 0 Å². The average molecular weight is 466 g/mol. The molecule has 180 valence electrons. The first kappa shape index (κ1) is 28.2. The first-order valence-electron chi connectivity index (χ1n) is 10.7. The maximum absolute atomic E-state index is 9.95. The number of aliphatic hydroxyl groups excluding tert-OH is 2. The minimum atomic E-state index is -0.518. The van der Waals surface area contributed by atoms with Gasteiger partial charge in [0, 0.05) is 18.5 Å². The topological polar surface area (TPSA) is 65.4 Å². The van der Waals surface area contributed by atoms with Gasteiger partial charge in [0.1, 0.15) is 36.9 Å². The molecule has 7 heteroatoms. The van der Waals surface area contributed by atoms with E-state index >= 15 is 0 Å². The highest BCUT2D eigenvalue weighted by atomic mass is 35.5. The fourth-order valence-corrected chi connectivity index (χ4v) is 3.44. The number of rotatable bonds is 12. The molecule has 0 fully saturated rings. The minimum absolute atomic E-state index is 0. The van der Waals surface area contributed by atoms with Crippen LogP contribution in [0.5, 0.6) is 11.5 Å². The predicted molar refractivity (Wildman–Crippen MR) is 125 cm³/mol. The van der Waals surface area contributed by atoms with Gasteiger partial charge in [-0.05, 0) is 63.6 Å². The number of likely N-dealkylation sites (N-methyl/N-ethyl adjacent to an activating group) is 2. The Hall–Kier alpha value is -1.83. The van der Waals surface area contributed by atoms with Crippen LogP contribution in [-0.2, 0) is 5.41 Å². The molecule has 0 saturated carbocycles. The molecule has 2 N–H and O–H groups in total. The maximum atomic E-state index is 9.95. The summed E-state index contributed by atoms with van der Waals surface area (Å²) in [7, 11) is 7.70. The number of halogens is 1. The van der Waals surface area contributed by atoms with Crippen LogP contribution >= 0.6 is 0 Å². The Labute approximate surface area is 199 Å². The van der Waals surface area contributed by atoms with Crippen LogP contribution in [0.15, 0.2) is 48.5 Å². The van der Waals surface area contributed by atoms with E-state index in [1.165, 1.54) is 11.1 Å². The van der Waals surface area contributed by atoms with Crippen LogP contribution in [0.25, 0.3) is 0 Å². The number of benzene rings is 2. The van der Waals surface area contributed by atoms with Gasteiger partial charge in [0.05, 0.1) is 0 Å². The van der Waals surface area contributed by atoms with E-state index in [0.29, 0.717) is 13.1 Å². The monoisotopic (exact) mass is 465 g/mol. The van der Waals surface area contributed by atoms with Crippen molar-refractivity contribution in [1.82, 2.24) is 9.80 Å². The van der Waals surface area contributed by atoms with Gasteiger partial charge in [-0.25, -0.2) is 0 Å². The van der Waals surface area contributed by atoms with Crippen LogP contribution in [0.3, 0.4) is 0 Å². The molecule has 0 radical (unpaired) electrons. The fourth-order valence-electron chi connectivity index (χ4n) is 3.44. The van der Waals surface area contributed by atoms with Crippen molar-refractivity contribution in [2.45, 2.75) is 31.5 Å². The Kier molecular flexibility index (Phi) is 11.5. The van der Waals surface area contributed by atoms with E-state index in [1.54, 1.807) is 0 Å². The fraction of sp³-hybridized carbons (Fsp3) is 0.520. The second-order valence-corrected chi connectivity index (χ2v) is 9.13. The second kappa shape index (κ2) is 13.0. The lowest BCUT2D eigenvalue weighted by Gasteiger charge is -2.27. The summed E-state index contributed by atoms with van der Waals surface area (Å²) in [5.41, 5.74) is 2.15. The minimum Gasteiger partial charge on any atom is -1.00 e. The molecule has 0 aliphatic carbocycles. The summed E-state index contributed by atoms with van der Waals surface area (Å²) in [5.74, 6) is 1.50. The van der Waals surface area contributed by atoms with Crippen molar-refractivity contribution < 1.29 is 32.1 Å². The van der Waals surface area contributed by atoms with Crippen LogP contribution in [0, 0.1) is 0 Å². The molecule has 2 unspecified atom stereocenters. The van der Waals surface area contributed by atoms with Crippen molar-refractivity contribution in [2.75, 3.05) is 54.5 Å². The molecule has 2 rings (SSSR count). The summed E-state index contributed by atoms with van der Waals surface area (Å²) >= 11 is 0.